The molecule has 0 aliphatic heterocycles. The molecule has 2 aromatic rings. The smallest absolute Gasteiger partial charge is 0.327 e. The van der Waals surface area contributed by atoms with Crippen molar-refractivity contribution in [3.8, 4) is 0 Å². The third kappa shape index (κ3) is 3.68. The number of hydrogen-bond acceptors (Lipinski definition) is 1. The van der Waals surface area contributed by atoms with E-state index in [4.69, 9.17) is 5.11 Å². The minimum atomic E-state index is -0.981. The van der Waals surface area contributed by atoms with Gasteiger partial charge in [-0.1, -0.05) is 68.3 Å². The van der Waals surface area contributed by atoms with Crippen molar-refractivity contribution in [1.29, 1.82) is 0 Å². The van der Waals surface area contributed by atoms with Crippen molar-refractivity contribution in [3.05, 3.63) is 73.3 Å². The molecule has 0 radical (unpaired) electrons. The second-order valence-corrected chi connectivity index (χ2v) is 3.74. The Balaban J connectivity index is 0.000000312. The summed E-state index contributed by atoms with van der Waals surface area (Å²) in [7, 11) is 0. The van der Waals surface area contributed by atoms with Gasteiger partial charge in [0.1, 0.15) is 0 Å². The van der Waals surface area contributed by atoms with Crippen molar-refractivity contribution in [2.75, 3.05) is 0 Å². The van der Waals surface area contributed by atoms with Crippen LogP contribution >= 0.6 is 0 Å². The van der Waals surface area contributed by atoms with Crippen LogP contribution in [0.4, 0.5) is 0 Å². The Morgan fingerprint density at radius 3 is 1.68 bits per heavy atom. The van der Waals surface area contributed by atoms with Crippen LogP contribution in [0.15, 0.2) is 62.2 Å². The van der Waals surface area contributed by atoms with Crippen molar-refractivity contribution < 1.29 is 9.90 Å². The zero-order valence-electron chi connectivity index (χ0n) is 10.7. The van der Waals surface area contributed by atoms with Gasteiger partial charge in [-0.3, -0.25) is 0 Å². The highest BCUT2D eigenvalue weighted by Crippen LogP contribution is 2.24. The van der Waals surface area contributed by atoms with Gasteiger partial charge in [-0.2, -0.15) is 0 Å². The van der Waals surface area contributed by atoms with Gasteiger partial charge in [-0.25, -0.2) is 4.79 Å². The Bertz CT molecular complexity index is 581. The second-order valence-electron chi connectivity index (χ2n) is 3.74. The number of carboxylic acids is 1. The number of rotatable bonds is 3. The summed E-state index contributed by atoms with van der Waals surface area (Å²) in [4.78, 5) is 9.25. The largest absolute Gasteiger partial charge is 0.478 e. The molecule has 0 saturated carbocycles. The van der Waals surface area contributed by atoms with Gasteiger partial charge in [-0.05, 0) is 21.9 Å². The lowest BCUT2D eigenvalue weighted by Gasteiger charge is -2.05. The van der Waals surface area contributed by atoms with Gasteiger partial charge in [0.2, 0.25) is 0 Å². The topological polar surface area (TPSA) is 37.3 Å². The highest BCUT2D eigenvalue weighted by atomic mass is 16.4. The molecule has 19 heavy (non-hydrogen) atoms. The fourth-order valence-corrected chi connectivity index (χ4v) is 1.74. The molecule has 1 N–H and O–H groups in total. The van der Waals surface area contributed by atoms with Crippen LogP contribution in [0.5, 0.6) is 0 Å². The van der Waals surface area contributed by atoms with Crippen LogP contribution in [0.3, 0.4) is 0 Å². The van der Waals surface area contributed by atoms with Gasteiger partial charge < -0.3 is 5.11 Å². The fraction of sp³-hybridized carbons (Fsp3) is 0. The number of fused-ring (bicyclic) bond motifs is 1. The molecule has 0 aliphatic carbocycles. The highest BCUT2D eigenvalue weighted by Gasteiger charge is 2.00. The van der Waals surface area contributed by atoms with E-state index in [1.54, 1.807) is 0 Å². The lowest BCUT2D eigenvalue weighted by atomic mass is 9.99. The van der Waals surface area contributed by atoms with E-state index in [0.29, 0.717) is 0 Å². The molecule has 0 spiro atoms. The minimum Gasteiger partial charge on any atom is -0.478 e. The van der Waals surface area contributed by atoms with Crippen molar-refractivity contribution >= 4 is 28.9 Å². The van der Waals surface area contributed by atoms with Crippen LogP contribution in [0.2, 0.25) is 0 Å². The van der Waals surface area contributed by atoms with Crippen LogP contribution in [0.25, 0.3) is 22.9 Å². The monoisotopic (exact) mass is 252 g/mol. The van der Waals surface area contributed by atoms with E-state index in [1.165, 1.54) is 10.8 Å². The number of hydrogen-bond donors (Lipinski definition) is 1. The first-order chi connectivity index (χ1) is 9.13. The fourth-order valence-electron chi connectivity index (χ4n) is 1.74. The van der Waals surface area contributed by atoms with E-state index in [-0.39, 0.29) is 0 Å². The SMILES string of the molecule is C=CC(=O)O.C=Cc1cccc2cccc(C=C)c12. The van der Waals surface area contributed by atoms with Crippen LogP contribution in [-0.2, 0) is 4.79 Å². The predicted molar refractivity (Wildman–Crippen MR) is 82.0 cm³/mol. The molecule has 0 bridgehead atoms. The standard InChI is InChI=1S/C14H12.C3H4O2/c1-3-11-7-5-9-13-10-6-8-12(4-2)14(11)13;1-2-3(4)5/h3-10H,1-2H2;2H,1H2,(H,4,5). The van der Waals surface area contributed by atoms with E-state index >= 15 is 0 Å². The zero-order chi connectivity index (χ0) is 14.3. The Hall–Kier alpha value is -2.61. The summed E-state index contributed by atoms with van der Waals surface area (Å²) in [5.41, 5.74) is 2.33. The Morgan fingerprint density at radius 1 is 0.947 bits per heavy atom. The number of carboxylic acid groups (broad SMARTS) is 1. The summed E-state index contributed by atoms with van der Waals surface area (Å²) < 4.78 is 0. The van der Waals surface area contributed by atoms with Gasteiger partial charge in [-0.15, -0.1) is 0 Å². The molecule has 0 aromatic heterocycles. The first kappa shape index (κ1) is 14.5. The quantitative estimate of drug-likeness (QED) is 0.823. The van der Waals surface area contributed by atoms with Gasteiger partial charge >= 0.3 is 5.97 Å². The van der Waals surface area contributed by atoms with E-state index in [1.807, 2.05) is 24.3 Å². The molecular weight excluding hydrogens is 236 g/mol. The summed E-state index contributed by atoms with van der Waals surface area (Å²) >= 11 is 0. The first-order valence-corrected chi connectivity index (χ1v) is 5.76. The van der Waals surface area contributed by atoms with Crippen LogP contribution in [0, 0.1) is 0 Å². The molecule has 0 saturated heterocycles. The number of carbonyl (C=O) groups is 1. The molecule has 2 nitrogen and oxygen atoms in total. The van der Waals surface area contributed by atoms with E-state index in [0.717, 1.165) is 17.2 Å². The zero-order valence-corrected chi connectivity index (χ0v) is 10.7. The molecule has 0 fully saturated rings. The Kier molecular flexibility index (Phi) is 5.30. The molecule has 0 unspecified atom stereocenters. The highest BCUT2D eigenvalue weighted by molar-refractivity contribution is 5.96. The van der Waals surface area contributed by atoms with Crippen molar-refractivity contribution in [2.24, 2.45) is 0 Å². The molecule has 2 aromatic carbocycles. The summed E-state index contributed by atoms with van der Waals surface area (Å²) in [5, 5.41) is 10.1. The number of aliphatic carboxylic acids is 1. The van der Waals surface area contributed by atoms with E-state index in [9.17, 15) is 4.79 Å². The van der Waals surface area contributed by atoms with Crippen molar-refractivity contribution in [2.45, 2.75) is 0 Å². The molecule has 0 atom stereocenters. The van der Waals surface area contributed by atoms with Crippen molar-refractivity contribution in [1.82, 2.24) is 0 Å². The molecule has 0 heterocycles. The average molecular weight is 252 g/mol. The second kappa shape index (κ2) is 6.97. The molecule has 0 amide bonds. The van der Waals surface area contributed by atoms with Crippen LogP contribution in [-0.4, -0.2) is 11.1 Å². The lowest BCUT2D eigenvalue weighted by molar-refractivity contribution is -0.131. The average Bonchev–Trinajstić information content (AvgIpc) is 2.46. The van der Waals surface area contributed by atoms with E-state index < -0.39 is 5.97 Å². The Labute approximate surface area is 113 Å². The molecule has 2 heteroatoms. The lowest BCUT2D eigenvalue weighted by Crippen LogP contribution is -1.82. The summed E-state index contributed by atoms with van der Waals surface area (Å²) in [5.74, 6) is -0.981. The maximum absolute atomic E-state index is 9.25. The summed E-state index contributed by atoms with van der Waals surface area (Å²) in [6.07, 6.45) is 4.60. The third-order valence-electron chi connectivity index (χ3n) is 2.58. The normalized spacial score (nSPS) is 9.05. The minimum absolute atomic E-state index is 0.833. The van der Waals surface area contributed by atoms with Gasteiger partial charge in [0.05, 0.1) is 0 Å². The maximum Gasteiger partial charge on any atom is 0.327 e. The number of benzene rings is 2. The first-order valence-electron chi connectivity index (χ1n) is 5.76. The third-order valence-corrected chi connectivity index (χ3v) is 2.58. The van der Waals surface area contributed by atoms with Gasteiger partial charge in [0.25, 0.3) is 0 Å². The predicted octanol–water partition coefficient (Wildman–Crippen LogP) is 4.38. The van der Waals surface area contributed by atoms with Crippen LogP contribution in [0.1, 0.15) is 11.1 Å². The van der Waals surface area contributed by atoms with Crippen molar-refractivity contribution in [3.63, 3.8) is 0 Å². The summed E-state index contributed by atoms with van der Waals surface area (Å²) in [6.45, 7) is 10.6. The Morgan fingerprint density at radius 2 is 1.37 bits per heavy atom. The van der Waals surface area contributed by atoms with Gasteiger partial charge in [0.15, 0.2) is 0 Å². The molecule has 2 rings (SSSR count). The van der Waals surface area contributed by atoms with Gasteiger partial charge in [0, 0.05) is 6.08 Å². The van der Waals surface area contributed by atoms with Crippen LogP contribution < -0.4 is 0 Å². The maximum atomic E-state index is 9.25. The van der Waals surface area contributed by atoms with E-state index in [2.05, 4.69) is 44.0 Å². The molecular formula is C17H16O2. The molecule has 96 valence electrons. The molecule has 0 aliphatic rings. The summed E-state index contributed by atoms with van der Waals surface area (Å²) in [6, 6.07) is 12.5.